The van der Waals surface area contributed by atoms with Crippen molar-refractivity contribution in [3.05, 3.63) is 56.7 Å². The van der Waals surface area contributed by atoms with Crippen LogP contribution in [0.4, 0.5) is 10.1 Å². The molecule has 0 spiro atoms. The molecule has 0 aliphatic carbocycles. The summed E-state index contributed by atoms with van der Waals surface area (Å²) in [6.07, 6.45) is 1.62. The van der Waals surface area contributed by atoms with Gasteiger partial charge in [0.25, 0.3) is 5.56 Å². The smallest absolute Gasteiger partial charge is 0.269 e. The summed E-state index contributed by atoms with van der Waals surface area (Å²) < 4.78 is 15.0. The average molecular weight is 355 g/mol. The molecule has 0 amide bonds. The van der Waals surface area contributed by atoms with Crippen LogP contribution in [0, 0.1) is 5.82 Å². The van der Waals surface area contributed by atoms with E-state index in [4.69, 9.17) is 5.73 Å². The van der Waals surface area contributed by atoms with Crippen LogP contribution in [0.3, 0.4) is 0 Å². The fourth-order valence-electron chi connectivity index (χ4n) is 1.89. The van der Waals surface area contributed by atoms with Gasteiger partial charge in [-0.2, -0.15) is 5.10 Å². The van der Waals surface area contributed by atoms with Crippen LogP contribution >= 0.6 is 15.9 Å². The first-order valence-corrected chi connectivity index (χ1v) is 7.23. The SMILES string of the molecule is CN(CCN)c1cnn(Cc2ccc(F)cc2Br)c(=O)c1. The number of benzene rings is 1. The molecule has 5 nitrogen and oxygen atoms in total. The maximum atomic E-state index is 13.1. The molecule has 0 fully saturated rings. The van der Waals surface area contributed by atoms with Crippen LogP contribution < -0.4 is 16.2 Å². The van der Waals surface area contributed by atoms with E-state index in [1.165, 1.54) is 22.9 Å². The Hall–Kier alpha value is -1.73. The van der Waals surface area contributed by atoms with Gasteiger partial charge < -0.3 is 10.6 Å². The topological polar surface area (TPSA) is 64.2 Å². The fourth-order valence-corrected chi connectivity index (χ4v) is 2.36. The predicted octanol–water partition coefficient (Wildman–Crippen LogP) is 1.59. The van der Waals surface area contributed by atoms with E-state index in [1.54, 1.807) is 12.3 Å². The minimum Gasteiger partial charge on any atom is -0.372 e. The monoisotopic (exact) mass is 354 g/mol. The number of hydrogen-bond acceptors (Lipinski definition) is 4. The molecular formula is C14H16BrFN4O. The van der Waals surface area contributed by atoms with E-state index < -0.39 is 0 Å². The van der Waals surface area contributed by atoms with Crippen molar-refractivity contribution in [2.45, 2.75) is 6.54 Å². The lowest BCUT2D eigenvalue weighted by Gasteiger charge is -2.17. The Kier molecular flexibility index (Phi) is 5.08. The second kappa shape index (κ2) is 6.82. The van der Waals surface area contributed by atoms with Crippen LogP contribution in [0.5, 0.6) is 0 Å². The van der Waals surface area contributed by atoms with Crippen molar-refractivity contribution in [2.75, 3.05) is 25.0 Å². The van der Waals surface area contributed by atoms with Gasteiger partial charge in [0.15, 0.2) is 0 Å². The quantitative estimate of drug-likeness (QED) is 0.885. The number of nitrogens with two attached hydrogens (primary N) is 1. The van der Waals surface area contributed by atoms with E-state index in [9.17, 15) is 9.18 Å². The lowest BCUT2D eigenvalue weighted by Crippen LogP contribution is -2.29. The van der Waals surface area contributed by atoms with Gasteiger partial charge in [0, 0.05) is 30.7 Å². The Morgan fingerprint density at radius 2 is 2.19 bits per heavy atom. The number of anilines is 1. The van der Waals surface area contributed by atoms with Gasteiger partial charge in [0.1, 0.15) is 5.82 Å². The summed E-state index contributed by atoms with van der Waals surface area (Å²) in [5, 5.41) is 4.15. The van der Waals surface area contributed by atoms with Crippen LogP contribution in [0.2, 0.25) is 0 Å². The number of hydrogen-bond donors (Lipinski definition) is 1. The van der Waals surface area contributed by atoms with Crippen LogP contribution in [-0.2, 0) is 6.54 Å². The third-order valence-electron chi connectivity index (χ3n) is 3.10. The molecule has 1 heterocycles. The third-order valence-corrected chi connectivity index (χ3v) is 3.83. The van der Waals surface area contributed by atoms with E-state index in [2.05, 4.69) is 21.0 Å². The van der Waals surface area contributed by atoms with Crippen LogP contribution in [0.15, 0.2) is 39.7 Å². The molecule has 2 rings (SSSR count). The zero-order chi connectivity index (χ0) is 15.4. The molecule has 0 saturated heterocycles. The molecule has 0 atom stereocenters. The van der Waals surface area contributed by atoms with Gasteiger partial charge in [-0.1, -0.05) is 22.0 Å². The molecule has 7 heteroatoms. The van der Waals surface area contributed by atoms with E-state index in [-0.39, 0.29) is 17.9 Å². The van der Waals surface area contributed by atoms with Gasteiger partial charge in [0.05, 0.1) is 18.4 Å². The second-order valence-corrected chi connectivity index (χ2v) is 5.51. The second-order valence-electron chi connectivity index (χ2n) is 4.66. The van der Waals surface area contributed by atoms with E-state index >= 15 is 0 Å². The normalized spacial score (nSPS) is 10.7. The van der Waals surface area contributed by atoms with Gasteiger partial charge in [0.2, 0.25) is 0 Å². The van der Waals surface area contributed by atoms with Gasteiger partial charge in [-0.25, -0.2) is 9.07 Å². The molecule has 1 aromatic heterocycles. The summed E-state index contributed by atoms with van der Waals surface area (Å²) in [7, 11) is 1.85. The zero-order valence-corrected chi connectivity index (χ0v) is 13.2. The minimum absolute atomic E-state index is 0.215. The summed E-state index contributed by atoms with van der Waals surface area (Å²) in [5.74, 6) is -0.329. The maximum Gasteiger partial charge on any atom is 0.269 e. The number of rotatable bonds is 5. The third kappa shape index (κ3) is 3.89. The van der Waals surface area contributed by atoms with Crippen molar-refractivity contribution in [1.29, 1.82) is 0 Å². The first-order valence-electron chi connectivity index (χ1n) is 6.43. The molecule has 1 aromatic carbocycles. The Morgan fingerprint density at radius 3 is 2.81 bits per heavy atom. The van der Waals surface area contributed by atoms with Gasteiger partial charge in [-0.3, -0.25) is 4.79 Å². The highest BCUT2D eigenvalue weighted by atomic mass is 79.9. The Bertz CT molecular complexity index is 689. The van der Waals surface area contributed by atoms with E-state index in [0.717, 1.165) is 11.3 Å². The number of nitrogens with zero attached hydrogens (tertiary/aromatic N) is 3. The Balaban J connectivity index is 2.23. The summed E-state index contributed by atoms with van der Waals surface area (Å²) in [5.41, 5.74) is 6.78. The van der Waals surface area contributed by atoms with Gasteiger partial charge >= 0.3 is 0 Å². The zero-order valence-electron chi connectivity index (χ0n) is 11.6. The van der Waals surface area contributed by atoms with Crippen molar-refractivity contribution in [2.24, 2.45) is 5.73 Å². The summed E-state index contributed by atoms with van der Waals surface area (Å²) in [6, 6.07) is 5.86. The highest BCUT2D eigenvalue weighted by molar-refractivity contribution is 9.10. The molecule has 0 aliphatic rings. The van der Waals surface area contributed by atoms with E-state index in [0.29, 0.717) is 17.6 Å². The Morgan fingerprint density at radius 1 is 1.43 bits per heavy atom. The molecule has 0 unspecified atom stereocenters. The molecule has 0 radical (unpaired) electrons. The van der Waals surface area contributed by atoms with Crippen LogP contribution in [0.25, 0.3) is 0 Å². The molecule has 2 N–H and O–H groups in total. The number of aromatic nitrogens is 2. The number of likely N-dealkylation sites (N-methyl/N-ethyl adjacent to an activating group) is 1. The van der Waals surface area contributed by atoms with Crippen molar-refractivity contribution in [1.82, 2.24) is 9.78 Å². The lowest BCUT2D eigenvalue weighted by atomic mass is 10.2. The summed E-state index contributed by atoms with van der Waals surface area (Å²) in [6.45, 7) is 1.43. The van der Waals surface area contributed by atoms with Crippen LogP contribution in [-0.4, -0.2) is 29.9 Å². The van der Waals surface area contributed by atoms with Crippen molar-refractivity contribution < 1.29 is 4.39 Å². The fraction of sp³-hybridized carbons (Fsp3) is 0.286. The molecule has 2 aromatic rings. The maximum absolute atomic E-state index is 13.1. The van der Waals surface area contributed by atoms with Gasteiger partial charge in [-0.05, 0) is 17.7 Å². The van der Waals surface area contributed by atoms with E-state index in [1.807, 2.05) is 11.9 Å². The lowest BCUT2D eigenvalue weighted by molar-refractivity contribution is 0.616. The first kappa shape index (κ1) is 15.7. The molecule has 112 valence electrons. The molecule has 0 aliphatic heterocycles. The predicted molar refractivity (Wildman–Crippen MR) is 84.0 cm³/mol. The highest BCUT2D eigenvalue weighted by Crippen LogP contribution is 2.18. The summed E-state index contributed by atoms with van der Waals surface area (Å²) >= 11 is 3.28. The highest BCUT2D eigenvalue weighted by Gasteiger charge is 2.07. The molecule has 0 bridgehead atoms. The van der Waals surface area contributed by atoms with Crippen molar-refractivity contribution in [3.63, 3.8) is 0 Å². The largest absolute Gasteiger partial charge is 0.372 e. The standard InChI is InChI=1S/C14H16BrFN4O/c1-19(5-4-17)12-7-14(21)20(18-8-12)9-10-2-3-11(16)6-13(10)15/h2-3,6-8H,4-5,9,17H2,1H3. The molecule has 21 heavy (non-hydrogen) atoms. The number of halogens is 2. The first-order chi connectivity index (χ1) is 10.0. The average Bonchev–Trinajstić information content (AvgIpc) is 2.44. The molecular weight excluding hydrogens is 339 g/mol. The van der Waals surface area contributed by atoms with Crippen molar-refractivity contribution in [3.8, 4) is 0 Å². The Labute approximate surface area is 130 Å². The minimum atomic E-state index is -0.329. The summed E-state index contributed by atoms with van der Waals surface area (Å²) in [4.78, 5) is 14.0. The van der Waals surface area contributed by atoms with Gasteiger partial charge in [-0.15, -0.1) is 0 Å². The van der Waals surface area contributed by atoms with Crippen molar-refractivity contribution >= 4 is 21.6 Å². The molecule has 0 saturated carbocycles. The van der Waals surface area contributed by atoms with Crippen LogP contribution in [0.1, 0.15) is 5.56 Å².